The summed E-state index contributed by atoms with van der Waals surface area (Å²) in [7, 11) is 4.86. The minimum atomic E-state index is -0.995. The standard InChI is InChI=1S/C48H46O6P2/c1-49-36-14-22-40(23-15-36)55(41-24-16-37(50-2)17-25-41)44-12-5-8-32-30-34-10-7-11-35-31-33-9-6-13-45(47(33)54-48(34,35)53-46(32)44)56(42-26-18-38(51-3)19-27-42)43-28-20-39(52-4)21-29-43/h5-6,8-9,12-29,34-35H,7,10-11,30-31H2,1-4H3/t34-,35-,48?/m0/s1. The summed E-state index contributed by atoms with van der Waals surface area (Å²) in [6.07, 6.45) is 5.13. The van der Waals surface area contributed by atoms with Crippen LogP contribution in [0, 0.1) is 11.8 Å². The van der Waals surface area contributed by atoms with Crippen molar-refractivity contribution in [1.82, 2.24) is 0 Å². The molecular formula is C48H46O6P2. The third-order valence-electron chi connectivity index (χ3n) is 11.7. The normalized spacial score (nSPS) is 19.4. The second-order valence-corrected chi connectivity index (χ2v) is 19.0. The average molecular weight is 781 g/mol. The molecule has 1 aliphatic carbocycles. The summed E-state index contributed by atoms with van der Waals surface area (Å²) in [4.78, 5) is 0. The van der Waals surface area contributed by atoms with Crippen LogP contribution in [-0.4, -0.2) is 34.2 Å². The van der Waals surface area contributed by atoms with Crippen molar-refractivity contribution >= 4 is 47.7 Å². The van der Waals surface area contributed by atoms with Gasteiger partial charge in [-0.1, -0.05) is 91.3 Å². The topological polar surface area (TPSA) is 55.4 Å². The quantitative estimate of drug-likeness (QED) is 0.132. The van der Waals surface area contributed by atoms with Gasteiger partial charge in [0.15, 0.2) is 0 Å². The number of ether oxygens (including phenoxy) is 6. The highest BCUT2D eigenvalue weighted by Gasteiger charge is 2.57. The number of hydrogen-bond acceptors (Lipinski definition) is 6. The van der Waals surface area contributed by atoms with Gasteiger partial charge in [0.05, 0.1) is 28.4 Å². The van der Waals surface area contributed by atoms with Gasteiger partial charge in [0.2, 0.25) is 0 Å². The molecule has 0 bridgehead atoms. The Kier molecular flexibility index (Phi) is 10.1. The number of hydrogen-bond donors (Lipinski definition) is 0. The summed E-state index contributed by atoms with van der Waals surface area (Å²) in [5, 5.41) is 7.31. The molecule has 0 amide bonds. The Labute approximate surface area is 332 Å². The summed E-state index contributed by atoms with van der Waals surface area (Å²) in [6, 6.07) is 47.5. The molecule has 2 heterocycles. The van der Waals surface area contributed by atoms with Gasteiger partial charge in [0.25, 0.3) is 5.79 Å². The molecule has 6 aromatic rings. The van der Waals surface area contributed by atoms with Crippen LogP contribution >= 0.6 is 15.8 Å². The van der Waals surface area contributed by atoms with Crippen molar-refractivity contribution < 1.29 is 28.4 Å². The van der Waals surface area contributed by atoms with E-state index in [1.165, 1.54) is 49.4 Å². The first-order valence-corrected chi connectivity index (χ1v) is 22.0. The first kappa shape index (κ1) is 36.6. The number of benzene rings is 6. The molecule has 1 spiro atoms. The maximum Gasteiger partial charge on any atom is 0.257 e. The van der Waals surface area contributed by atoms with Crippen molar-refractivity contribution in [1.29, 1.82) is 0 Å². The second-order valence-electron chi connectivity index (χ2n) is 14.7. The van der Waals surface area contributed by atoms with Gasteiger partial charge in [0.1, 0.15) is 34.5 Å². The van der Waals surface area contributed by atoms with Gasteiger partial charge in [-0.15, -0.1) is 0 Å². The van der Waals surface area contributed by atoms with E-state index in [1.54, 1.807) is 28.4 Å². The Balaban J connectivity index is 1.17. The number of rotatable bonds is 10. The predicted molar refractivity (Wildman–Crippen MR) is 229 cm³/mol. The Morgan fingerprint density at radius 2 is 0.768 bits per heavy atom. The molecule has 0 saturated heterocycles. The van der Waals surface area contributed by atoms with Crippen LogP contribution in [0.4, 0.5) is 0 Å². The van der Waals surface area contributed by atoms with Gasteiger partial charge in [-0.25, -0.2) is 0 Å². The van der Waals surface area contributed by atoms with Crippen LogP contribution in [0.2, 0.25) is 0 Å². The van der Waals surface area contributed by atoms with E-state index in [-0.39, 0.29) is 11.8 Å². The summed E-state index contributed by atoms with van der Waals surface area (Å²) < 4.78 is 37.6. The lowest BCUT2D eigenvalue weighted by Gasteiger charge is -2.54. The number of methoxy groups -OCH3 is 4. The third-order valence-corrected chi connectivity index (χ3v) is 16.6. The highest BCUT2D eigenvalue weighted by atomic mass is 31.1. The number of para-hydroxylation sites is 2. The maximum atomic E-state index is 7.65. The highest BCUT2D eigenvalue weighted by molar-refractivity contribution is 7.80. The van der Waals surface area contributed by atoms with Crippen LogP contribution in [0.5, 0.6) is 34.5 Å². The van der Waals surface area contributed by atoms with Gasteiger partial charge in [0, 0.05) is 22.4 Å². The average Bonchev–Trinajstić information content (AvgIpc) is 3.25. The molecular weight excluding hydrogens is 734 g/mol. The van der Waals surface area contributed by atoms with E-state index < -0.39 is 21.6 Å². The molecule has 56 heavy (non-hydrogen) atoms. The Hall–Kier alpha value is -5.02. The molecule has 0 aromatic heterocycles. The molecule has 0 N–H and O–H groups in total. The Morgan fingerprint density at radius 1 is 0.446 bits per heavy atom. The monoisotopic (exact) mass is 780 g/mol. The van der Waals surface area contributed by atoms with Crippen LogP contribution in [0.25, 0.3) is 0 Å². The smallest absolute Gasteiger partial charge is 0.257 e. The van der Waals surface area contributed by atoms with Crippen LogP contribution in [-0.2, 0) is 12.8 Å². The van der Waals surface area contributed by atoms with Gasteiger partial charge >= 0.3 is 0 Å². The summed E-state index contributed by atoms with van der Waals surface area (Å²) >= 11 is 0. The van der Waals surface area contributed by atoms with Gasteiger partial charge in [-0.05, 0) is 122 Å². The molecule has 6 nitrogen and oxygen atoms in total. The minimum absolute atomic E-state index is 0.228. The van der Waals surface area contributed by atoms with Crippen molar-refractivity contribution in [2.75, 3.05) is 28.4 Å². The lowest BCUT2D eigenvalue weighted by molar-refractivity contribution is -0.225. The summed E-state index contributed by atoms with van der Waals surface area (Å²) in [5.74, 6) is 4.97. The largest absolute Gasteiger partial charge is 0.497 e. The van der Waals surface area contributed by atoms with Crippen LogP contribution in [0.15, 0.2) is 133 Å². The summed E-state index contributed by atoms with van der Waals surface area (Å²) in [5.41, 5.74) is 2.52. The molecule has 1 saturated carbocycles. The molecule has 6 aromatic carbocycles. The molecule has 2 atom stereocenters. The van der Waals surface area contributed by atoms with E-state index >= 15 is 0 Å². The maximum absolute atomic E-state index is 7.65. The first-order valence-electron chi connectivity index (χ1n) is 19.3. The molecule has 3 aliphatic rings. The van der Waals surface area contributed by atoms with Crippen molar-refractivity contribution in [2.24, 2.45) is 11.8 Å². The fraction of sp³-hybridized carbons (Fsp3) is 0.250. The lowest BCUT2D eigenvalue weighted by Crippen LogP contribution is -2.62. The van der Waals surface area contributed by atoms with Gasteiger partial charge in [-0.3, -0.25) is 0 Å². The fourth-order valence-corrected chi connectivity index (χ4v) is 13.6. The highest BCUT2D eigenvalue weighted by Crippen LogP contribution is 2.55. The van der Waals surface area contributed by atoms with E-state index in [4.69, 9.17) is 28.4 Å². The molecule has 0 radical (unpaired) electrons. The zero-order valence-electron chi connectivity index (χ0n) is 32.2. The predicted octanol–water partition coefficient (Wildman–Crippen LogP) is 7.92. The van der Waals surface area contributed by atoms with E-state index in [0.717, 1.165) is 60.2 Å². The number of fused-ring (bicyclic) bond motifs is 2. The van der Waals surface area contributed by atoms with Crippen molar-refractivity contribution in [2.45, 2.75) is 37.9 Å². The summed E-state index contributed by atoms with van der Waals surface area (Å²) in [6.45, 7) is 0. The van der Waals surface area contributed by atoms with Crippen molar-refractivity contribution in [3.8, 4) is 34.5 Å². The van der Waals surface area contributed by atoms with E-state index in [2.05, 4.69) is 133 Å². The molecule has 0 unspecified atom stereocenters. The van der Waals surface area contributed by atoms with E-state index in [1.807, 2.05) is 0 Å². The zero-order valence-corrected chi connectivity index (χ0v) is 34.0. The Morgan fingerprint density at radius 3 is 1.07 bits per heavy atom. The van der Waals surface area contributed by atoms with Crippen LogP contribution < -0.4 is 60.2 Å². The first-order chi connectivity index (χ1) is 27.5. The van der Waals surface area contributed by atoms with Crippen molar-refractivity contribution in [3.05, 3.63) is 145 Å². The minimum Gasteiger partial charge on any atom is -0.497 e. The third kappa shape index (κ3) is 6.57. The SMILES string of the molecule is COc1ccc(P(c2ccc(OC)cc2)c2cccc3c2OC24Oc5c(cccc5P(c5ccc(OC)cc5)c5ccc(OC)cc5)C[C@@H]2CCC[C@H]4C3)cc1. The molecule has 8 heteroatoms. The van der Waals surface area contributed by atoms with Crippen molar-refractivity contribution in [3.63, 3.8) is 0 Å². The molecule has 284 valence electrons. The van der Waals surface area contributed by atoms with Gasteiger partial charge < -0.3 is 28.4 Å². The second kappa shape index (κ2) is 15.5. The molecule has 1 fully saturated rings. The van der Waals surface area contributed by atoms with E-state index in [0.29, 0.717) is 0 Å². The Bertz CT molecular complexity index is 2050. The zero-order chi connectivity index (χ0) is 38.2. The fourth-order valence-electron chi connectivity index (χ4n) is 8.87. The molecule has 2 aliphatic heterocycles. The van der Waals surface area contributed by atoms with Crippen LogP contribution in [0.1, 0.15) is 30.4 Å². The van der Waals surface area contributed by atoms with E-state index in [9.17, 15) is 0 Å². The van der Waals surface area contributed by atoms with Crippen LogP contribution in [0.3, 0.4) is 0 Å². The lowest BCUT2D eigenvalue weighted by atomic mass is 9.68. The molecule has 9 rings (SSSR count). The van der Waals surface area contributed by atoms with Gasteiger partial charge in [-0.2, -0.15) is 0 Å².